The third kappa shape index (κ3) is 6.18. The molecule has 0 fully saturated rings. The lowest BCUT2D eigenvalue weighted by molar-refractivity contribution is -0.137. The summed E-state index contributed by atoms with van der Waals surface area (Å²) >= 11 is 7.97. The molecule has 12 heteroatoms. The molecule has 31 heavy (non-hydrogen) atoms. The van der Waals surface area contributed by atoms with Crippen LogP contribution in [0, 0.1) is 6.92 Å². The fraction of sp³-hybridized carbons (Fsp3) is 0.158. The topological polar surface area (TPSA) is 84.0 Å². The highest BCUT2D eigenvalue weighted by atomic mass is 35.5. The molecule has 0 atom stereocenters. The summed E-state index contributed by atoms with van der Waals surface area (Å²) < 4.78 is 38.9. The van der Waals surface area contributed by atoms with Gasteiger partial charge in [0.05, 0.1) is 22.0 Å². The maximum Gasteiger partial charge on any atom is 0.416 e. The van der Waals surface area contributed by atoms with Crippen LogP contribution < -0.4 is 10.6 Å². The number of benzene rings is 2. The Hall–Kier alpha value is -2.63. The molecule has 1 heterocycles. The van der Waals surface area contributed by atoms with Crippen LogP contribution in [-0.4, -0.2) is 27.8 Å². The number of alkyl halides is 3. The fourth-order valence-electron chi connectivity index (χ4n) is 2.42. The zero-order valence-electron chi connectivity index (χ0n) is 15.8. The first-order chi connectivity index (χ1) is 14.6. The fourth-order valence-corrected chi connectivity index (χ4v) is 4.13. The first-order valence-electron chi connectivity index (χ1n) is 8.63. The highest BCUT2D eigenvalue weighted by molar-refractivity contribution is 8.01. The number of nitrogens with one attached hydrogen (secondary N) is 2. The second-order valence-electron chi connectivity index (χ2n) is 6.17. The van der Waals surface area contributed by atoms with E-state index in [1.807, 2.05) is 19.1 Å². The van der Waals surface area contributed by atoms with Gasteiger partial charge in [0.25, 0.3) is 5.91 Å². The molecular formula is C19H14ClF3N4O2S2. The minimum absolute atomic E-state index is 0.0107. The van der Waals surface area contributed by atoms with E-state index in [0.717, 1.165) is 46.9 Å². The van der Waals surface area contributed by atoms with Crippen LogP contribution >= 0.6 is 34.7 Å². The summed E-state index contributed by atoms with van der Waals surface area (Å²) in [5.74, 6) is -1.03. The van der Waals surface area contributed by atoms with Gasteiger partial charge in [-0.05, 0) is 36.8 Å². The van der Waals surface area contributed by atoms with Crippen LogP contribution in [0.1, 0.15) is 21.5 Å². The van der Waals surface area contributed by atoms with Crippen LogP contribution in [0.15, 0.2) is 46.8 Å². The van der Waals surface area contributed by atoms with Gasteiger partial charge in [-0.25, -0.2) is 0 Å². The Balaban J connectivity index is 1.57. The predicted molar refractivity (Wildman–Crippen MR) is 115 cm³/mol. The van der Waals surface area contributed by atoms with Crippen LogP contribution in [0.5, 0.6) is 0 Å². The van der Waals surface area contributed by atoms with Crippen molar-refractivity contribution in [1.82, 2.24) is 10.2 Å². The van der Waals surface area contributed by atoms with E-state index in [4.69, 9.17) is 11.6 Å². The Morgan fingerprint density at radius 3 is 2.58 bits per heavy atom. The molecular weight excluding hydrogens is 473 g/mol. The zero-order chi connectivity index (χ0) is 22.6. The smallest absolute Gasteiger partial charge is 0.324 e. The van der Waals surface area contributed by atoms with Gasteiger partial charge < -0.3 is 5.32 Å². The van der Waals surface area contributed by atoms with E-state index < -0.39 is 17.6 Å². The number of nitrogens with zero attached hydrogens (tertiary/aromatic N) is 2. The molecule has 3 rings (SSSR count). The third-order valence-electron chi connectivity index (χ3n) is 3.91. The van der Waals surface area contributed by atoms with Crippen molar-refractivity contribution in [2.45, 2.75) is 17.4 Å². The molecule has 0 aliphatic carbocycles. The number of amides is 2. The number of carbonyl (C=O) groups excluding carboxylic acids is 2. The quantitative estimate of drug-likeness (QED) is 0.355. The first kappa shape index (κ1) is 23.0. The standard InChI is InChI=1S/C19H14ClF3N4O2S2/c1-10-4-2-3-5-12(10)16(29)25-17-26-27-18(31-17)30-9-15(28)24-14-8-11(19(21,22)23)6-7-13(14)20/h2-8H,9H2,1H3,(H,24,28)(H,25,26,29). The van der Waals surface area contributed by atoms with Gasteiger partial charge in [-0.1, -0.05) is 52.9 Å². The number of hydrogen-bond donors (Lipinski definition) is 2. The van der Waals surface area contributed by atoms with Crippen molar-refractivity contribution in [3.05, 3.63) is 64.2 Å². The van der Waals surface area contributed by atoms with E-state index >= 15 is 0 Å². The predicted octanol–water partition coefficient (Wildman–Crippen LogP) is 5.50. The third-order valence-corrected chi connectivity index (χ3v) is 6.21. The number of carbonyl (C=O) groups is 2. The van der Waals surface area contributed by atoms with E-state index in [2.05, 4.69) is 20.8 Å². The van der Waals surface area contributed by atoms with Gasteiger partial charge in [-0.2, -0.15) is 13.2 Å². The average Bonchev–Trinajstić information content (AvgIpc) is 3.15. The van der Waals surface area contributed by atoms with Crippen molar-refractivity contribution in [2.24, 2.45) is 0 Å². The normalized spacial score (nSPS) is 11.3. The molecule has 2 aromatic carbocycles. The van der Waals surface area contributed by atoms with Crippen molar-refractivity contribution in [1.29, 1.82) is 0 Å². The van der Waals surface area contributed by atoms with Crippen LogP contribution in [0.2, 0.25) is 5.02 Å². The van der Waals surface area contributed by atoms with E-state index in [1.54, 1.807) is 12.1 Å². The largest absolute Gasteiger partial charge is 0.416 e. The number of thioether (sulfide) groups is 1. The number of anilines is 2. The van der Waals surface area contributed by atoms with Crippen molar-refractivity contribution >= 4 is 57.3 Å². The molecule has 2 amide bonds. The van der Waals surface area contributed by atoms with Crippen molar-refractivity contribution in [3.8, 4) is 0 Å². The Kier molecular flexibility index (Phi) is 7.19. The summed E-state index contributed by atoms with van der Waals surface area (Å²) in [5, 5.41) is 13.0. The molecule has 0 aliphatic rings. The van der Waals surface area contributed by atoms with Crippen LogP contribution in [0.3, 0.4) is 0 Å². The molecule has 1 aromatic heterocycles. The number of aromatic nitrogens is 2. The van der Waals surface area contributed by atoms with Crippen LogP contribution in [0.4, 0.5) is 24.0 Å². The van der Waals surface area contributed by atoms with Gasteiger partial charge in [0, 0.05) is 5.56 Å². The molecule has 0 spiro atoms. The lowest BCUT2D eigenvalue weighted by Crippen LogP contribution is -2.15. The summed E-state index contributed by atoms with van der Waals surface area (Å²) in [6, 6.07) is 9.75. The summed E-state index contributed by atoms with van der Waals surface area (Å²) in [4.78, 5) is 24.4. The monoisotopic (exact) mass is 486 g/mol. The van der Waals surface area contributed by atoms with Crippen molar-refractivity contribution in [3.63, 3.8) is 0 Å². The molecule has 0 saturated heterocycles. The molecule has 0 aliphatic heterocycles. The second-order valence-corrected chi connectivity index (χ2v) is 8.78. The number of aryl methyl sites for hydroxylation is 1. The molecule has 162 valence electrons. The van der Waals surface area contributed by atoms with Gasteiger partial charge in [0.15, 0.2) is 4.34 Å². The maximum absolute atomic E-state index is 12.8. The molecule has 3 aromatic rings. The van der Waals surface area contributed by atoms with E-state index in [0.29, 0.717) is 9.90 Å². The Labute approximate surface area is 188 Å². The van der Waals surface area contributed by atoms with Gasteiger partial charge in [0.2, 0.25) is 11.0 Å². The minimum Gasteiger partial charge on any atom is -0.324 e. The summed E-state index contributed by atoms with van der Waals surface area (Å²) in [6.07, 6.45) is -4.55. The number of hydrogen-bond acceptors (Lipinski definition) is 6. The first-order valence-corrected chi connectivity index (χ1v) is 10.8. The highest BCUT2D eigenvalue weighted by Crippen LogP contribution is 2.34. The number of halogens is 4. The average molecular weight is 487 g/mol. The molecule has 0 bridgehead atoms. The van der Waals surface area contributed by atoms with Gasteiger partial charge in [-0.15, -0.1) is 10.2 Å². The summed E-state index contributed by atoms with van der Waals surface area (Å²) in [7, 11) is 0. The molecule has 2 N–H and O–H groups in total. The van der Waals surface area contributed by atoms with E-state index in [9.17, 15) is 22.8 Å². The van der Waals surface area contributed by atoms with Gasteiger partial charge >= 0.3 is 6.18 Å². The maximum atomic E-state index is 12.8. The van der Waals surface area contributed by atoms with Crippen LogP contribution in [0.25, 0.3) is 0 Å². The van der Waals surface area contributed by atoms with Crippen molar-refractivity contribution in [2.75, 3.05) is 16.4 Å². The van der Waals surface area contributed by atoms with Crippen molar-refractivity contribution < 1.29 is 22.8 Å². The summed E-state index contributed by atoms with van der Waals surface area (Å²) in [6.45, 7) is 1.81. The van der Waals surface area contributed by atoms with E-state index in [-0.39, 0.29) is 27.5 Å². The molecule has 0 radical (unpaired) electrons. The highest BCUT2D eigenvalue weighted by Gasteiger charge is 2.31. The summed E-state index contributed by atoms with van der Waals surface area (Å²) in [5.41, 5.74) is 0.261. The van der Waals surface area contributed by atoms with Gasteiger partial charge in [0.1, 0.15) is 0 Å². The van der Waals surface area contributed by atoms with Crippen LogP contribution in [-0.2, 0) is 11.0 Å². The lowest BCUT2D eigenvalue weighted by atomic mass is 10.1. The van der Waals surface area contributed by atoms with E-state index in [1.165, 1.54) is 0 Å². The Morgan fingerprint density at radius 1 is 1.13 bits per heavy atom. The SMILES string of the molecule is Cc1ccccc1C(=O)Nc1nnc(SCC(=O)Nc2cc(C(F)(F)F)ccc2Cl)s1. The Bertz CT molecular complexity index is 1120. The molecule has 0 unspecified atom stereocenters. The second kappa shape index (κ2) is 9.67. The van der Waals surface area contributed by atoms with Gasteiger partial charge in [-0.3, -0.25) is 14.9 Å². The Morgan fingerprint density at radius 2 is 1.87 bits per heavy atom. The lowest BCUT2D eigenvalue weighted by Gasteiger charge is -2.11. The number of rotatable bonds is 6. The zero-order valence-corrected chi connectivity index (χ0v) is 18.2. The minimum atomic E-state index is -4.55. The molecule has 6 nitrogen and oxygen atoms in total. The molecule has 0 saturated carbocycles.